The first kappa shape index (κ1) is 28.0. The van der Waals surface area contributed by atoms with Gasteiger partial charge in [-0.2, -0.15) is 5.10 Å². The highest BCUT2D eigenvalue weighted by Crippen LogP contribution is 2.49. The van der Waals surface area contributed by atoms with Crippen LogP contribution in [0.25, 0.3) is 16.9 Å². The van der Waals surface area contributed by atoms with E-state index in [9.17, 15) is 9.59 Å². The Balaban J connectivity index is 1.50. The molecule has 8 nitrogen and oxygen atoms in total. The van der Waals surface area contributed by atoms with Gasteiger partial charge >= 0.3 is 0 Å². The number of ether oxygens (including phenoxy) is 1. The fourth-order valence-electron chi connectivity index (χ4n) is 4.81. The number of rotatable bonds is 8. The predicted octanol–water partition coefficient (Wildman–Crippen LogP) is 6.14. The van der Waals surface area contributed by atoms with Crippen LogP contribution in [0.15, 0.2) is 90.6 Å². The zero-order valence-electron chi connectivity index (χ0n) is 22.6. The van der Waals surface area contributed by atoms with Crippen LogP contribution in [0.1, 0.15) is 21.3 Å². The molecule has 2 amide bonds. The highest BCUT2D eigenvalue weighted by molar-refractivity contribution is 8.00. The summed E-state index contributed by atoms with van der Waals surface area (Å²) >= 11 is 9.41. The summed E-state index contributed by atoms with van der Waals surface area (Å²) in [5.41, 5.74) is 4.11. The van der Waals surface area contributed by atoms with Crippen LogP contribution in [-0.2, 0) is 16.1 Å². The minimum absolute atomic E-state index is 0.156. The maximum absolute atomic E-state index is 13.8. The molecule has 1 aliphatic heterocycles. The molecule has 0 spiro atoms. The van der Waals surface area contributed by atoms with Gasteiger partial charge in [0, 0.05) is 40.0 Å². The molecule has 0 saturated carbocycles. The lowest BCUT2D eigenvalue weighted by atomic mass is 10.0. The third kappa shape index (κ3) is 5.78. The molecule has 1 unspecified atom stereocenters. The zero-order valence-corrected chi connectivity index (χ0v) is 25.0. The molecule has 0 fully saturated rings. The van der Waals surface area contributed by atoms with Crippen LogP contribution in [0.5, 0.6) is 5.75 Å². The number of halogens is 1. The molecular weight excluding hydrogens is 590 g/mol. The lowest BCUT2D eigenvalue weighted by Gasteiger charge is -2.23. The fraction of sp³-hybridized carbons (Fsp3) is 0.161. The van der Waals surface area contributed by atoms with Gasteiger partial charge in [-0.3, -0.25) is 19.5 Å². The van der Waals surface area contributed by atoms with Crippen LogP contribution >= 0.6 is 34.7 Å². The van der Waals surface area contributed by atoms with E-state index < -0.39 is 0 Å². The van der Waals surface area contributed by atoms with Crippen LogP contribution in [0, 0.1) is 0 Å². The first-order valence-electron chi connectivity index (χ1n) is 13.2. The SMILES string of the molecule is COc1ccc(-n2nc(-c3ccc(Cl)cc3)c3c2N(CC(=O)NCc2ccncc2)C(=O)CSC3c2cccs2)cc1. The van der Waals surface area contributed by atoms with Crippen LogP contribution in [0.4, 0.5) is 5.82 Å². The lowest BCUT2D eigenvalue weighted by molar-refractivity contribution is -0.123. The molecule has 5 aromatic rings. The molecule has 4 heterocycles. The molecule has 0 bridgehead atoms. The van der Waals surface area contributed by atoms with E-state index in [0.717, 1.165) is 32.9 Å². The summed E-state index contributed by atoms with van der Waals surface area (Å²) in [6.45, 7) is 0.174. The molecule has 0 aliphatic carbocycles. The van der Waals surface area contributed by atoms with Crippen molar-refractivity contribution in [3.05, 3.63) is 112 Å². The van der Waals surface area contributed by atoms with Gasteiger partial charge in [-0.1, -0.05) is 29.8 Å². The molecular formula is C31H26ClN5O3S2. The van der Waals surface area contributed by atoms with E-state index in [-0.39, 0.29) is 29.4 Å². The van der Waals surface area contributed by atoms with Gasteiger partial charge in [-0.05, 0) is 65.5 Å². The Morgan fingerprint density at radius 3 is 2.52 bits per heavy atom. The molecule has 1 N–H and O–H groups in total. The van der Waals surface area contributed by atoms with Gasteiger partial charge < -0.3 is 10.1 Å². The Bertz CT molecular complexity index is 1690. The average molecular weight is 616 g/mol. The Hall–Kier alpha value is -4.12. The van der Waals surface area contributed by atoms with Crippen molar-refractivity contribution in [2.45, 2.75) is 11.8 Å². The quantitative estimate of drug-likeness (QED) is 0.225. The first-order chi connectivity index (χ1) is 20.5. The summed E-state index contributed by atoms with van der Waals surface area (Å²) in [5.74, 6) is 1.03. The van der Waals surface area contributed by atoms with Gasteiger partial charge in [0.05, 0.1) is 29.5 Å². The first-order valence-corrected chi connectivity index (χ1v) is 15.5. The van der Waals surface area contributed by atoms with Crippen molar-refractivity contribution >= 4 is 52.3 Å². The summed E-state index contributed by atoms with van der Waals surface area (Å²) in [5, 5.41) is 10.5. The number of anilines is 1. The number of hydrogen-bond acceptors (Lipinski definition) is 7. The monoisotopic (exact) mass is 615 g/mol. The van der Waals surface area contributed by atoms with E-state index >= 15 is 0 Å². The number of thiophene rings is 1. The highest BCUT2D eigenvalue weighted by atomic mass is 35.5. The topological polar surface area (TPSA) is 89.3 Å². The van der Waals surface area contributed by atoms with Crippen molar-refractivity contribution in [2.24, 2.45) is 0 Å². The van der Waals surface area contributed by atoms with Crippen molar-refractivity contribution in [2.75, 3.05) is 24.3 Å². The number of pyridine rings is 1. The number of benzene rings is 2. The smallest absolute Gasteiger partial charge is 0.240 e. The molecule has 1 aliphatic rings. The highest BCUT2D eigenvalue weighted by Gasteiger charge is 2.38. The predicted molar refractivity (Wildman–Crippen MR) is 168 cm³/mol. The normalized spacial score (nSPS) is 14.8. The summed E-state index contributed by atoms with van der Waals surface area (Å²) in [6.07, 6.45) is 3.36. The minimum Gasteiger partial charge on any atom is -0.497 e. The van der Waals surface area contributed by atoms with Crippen LogP contribution in [0.3, 0.4) is 0 Å². The maximum atomic E-state index is 13.8. The second-order valence-electron chi connectivity index (χ2n) is 9.52. The van der Waals surface area contributed by atoms with E-state index in [2.05, 4.69) is 16.4 Å². The summed E-state index contributed by atoms with van der Waals surface area (Å²) in [4.78, 5) is 33.8. The molecule has 42 heavy (non-hydrogen) atoms. The zero-order chi connectivity index (χ0) is 29.1. The van der Waals surface area contributed by atoms with Crippen molar-refractivity contribution < 1.29 is 14.3 Å². The number of nitrogens with zero attached hydrogens (tertiary/aromatic N) is 4. The maximum Gasteiger partial charge on any atom is 0.240 e. The molecule has 0 saturated heterocycles. The average Bonchev–Trinajstić information content (AvgIpc) is 3.67. The molecule has 6 rings (SSSR count). The van der Waals surface area contributed by atoms with E-state index in [0.29, 0.717) is 23.1 Å². The van der Waals surface area contributed by atoms with Gasteiger partial charge in [-0.15, -0.1) is 23.1 Å². The van der Waals surface area contributed by atoms with E-state index in [4.69, 9.17) is 21.4 Å². The van der Waals surface area contributed by atoms with Crippen LogP contribution in [0.2, 0.25) is 5.02 Å². The number of fused-ring (bicyclic) bond motifs is 1. The number of amides is 2. The summed E-state index contributed by atoms with van der Waals surface area (Å²) in [6, 6.07) is 22.8. The summed E-state index contributed by atoms with van der Waals surface area (Å²) < 4.78 is 7.14. The summed E-state index contributed by atoms with van der Waals surface area (Å²) in [7, 11) is 1.61. The second-order valence-corrected chi connectivity index (χ2v) is 12.0. The van der Waals surface area contributed by atoms with Crippen molar-refractivity contribution in [3.63, 3.8) is 0 Å². The van der Waals surface area contributed by atoms with Crippen LogP contribution < -0.4 is 15.0 Å². The Morgan fingerprint density at radius 1 is 1.07 bits per heavy atom. The van der Waals surface area contributed by atoms with Gasteiger partial charge in [0.1, 0.15) is 18.1 Å². The number of carbonyl (C=O) groups excluding carboxylic acids is 2. The van der Waals surface area contributed by atoms with Crippen molar-refractivity contribution in [1.29, 1.82) is 0 Å². The second kappa shape index (κ2) is 12.4. The Kier molecular flexibility index (Phi) is 8.27. The van der Waals surface area contributed by atoms with E-state index in [1.807, 2.05) is 72.1 Å². The molecule has 11 heteroatoms. The Morgan fingerprint density at radius 2 is 1.83 bits per heavy atom. The molecule has 2 aromatic carbocycles. The molecule has 3 aromatic heterocycles. The molecule has 1 atom stereocenters. The number of methoxy groups -OCH3 is 1. The number of nitrogens with one attached hydrogen (secondary N) is 1. The number of aromatic nitrogens is 3. The minimum atomic E-state index is -0.277. The third-order valence-corrected chi connectivity index (χ3v) is 9.44. The van der Waals surface area contributed by atoms with Crippen LogP contribution in [-0.4, -0.2) is 46.0 Å². The standard InChI is InChI=1S/C31H26ClN5O3S2/c1-40-24-10-8-23(9-11-24)37-31-28(29(35-37)21-4-6-22(32)7-5-21)30(25-3-2-16-41-25)42-19-27(39)36(31)18-26(38)34-17-20-12-14-33-15-13-20/h2-16,30H,17-19H2,1H3,(H,34,38). The van der Waals surface area contributed by atoms with E-state index in [1.165, 1.54) is 0 Å². The lowest BCUT2D eigenvalue weighted by Crippen LogP contribution is -2.42. The number of hydrogen-bond donors (Lipinski definition) is 1. The van der Waals surface area contributed by atoms with Crippen molar-refractivity contribution in [3.8, 4) is 22.7 Å². The van der Waals surface area contributed by atoms with Gasteiger partial charge in [0.25, 0.3) is 0 Å². The molecule has 0 radical (unpaired) electrons. The van der Waals surface area contributed by atoms with Gasteiger partial charge in [-0.25, -0.2) is 4.68 Å². The molecule has 212 valence electrons. The Labute approximate surface area is 256 Å². The number of carbonyl (C=O) groups is 2. The largest absolute Gasteiger partial charge is 0.497 e. The van der Waals surface area contributed by atoms with Gasteiger partial charge in [0.2, 0.25) is 11.8 Å². The fourth-order valence-corrected chi connectivity index (χ4v) is 7.11. The number of thioether (sulfide) groups is 1. The van der Waals surface area contributed by atoms with Gasteiger partial charge in [0.15, 0.2) is 0 Å². The third-order valence-electron chi connectivity index (χ3n) is 6.87. The van der Waals surface area contributed by atoms with E-state index in [1.54, 1.807) is 52.2 Å². The van der Waals surface area contributed by atoms with Crippen molar-refractivity contribution in [1.82, 2.24) is 20.1 Å².